The molecule has 3 saturated heterocycles. The summed E-state index contributed by atoms with van der Waals surface area (Å²) in [5.74, 6) is -2.05. The first-order valence-electron chi connectivity index (χ1n) is 11.3. The van der Waals surface area contributed by atoms with Crippen LogP contribution in [0.1, 0.15) is 24.4 Å². The molecular weight excluding hydrogens is 496 g/mol. The minimum absolute atomic E-state index is 0.123. The van der Waals surface area contributed by atoms with Gasteiger partial charge in [0, 0.05) is 31.0 Å². The van der Waals surface area contributed by atoms with E-state index in [9.17, 15) is 29.1 Å². The normalized spacial score (nSPS) is 27.1. The van der Waals surface area contributed by atoms with E-state index in [1.165, 1.54) is 28.5 Å². The van der Waals surface area contributed by atoms with E-state index in [1.54, 1.807) is 11.0 Å². The highest BCUT2D eigenvalue weighted by atomic mass is 32.2. The van der Waals surface area contributed by atoms with Crippen LogP contribution in [0.15, 0.2) is 36.5 Å². The van der Waals surface area contributed by atoms with Gasteiger partial charge in [-0.05, 0) is 31.4 Å². The first kappa shape index (κ1) is 24.2. The van der Waals surface area contributed by atoms with E-state index in [2.05, 4.69) is 0 Å². The Labute approximate surface area is 208 Å². The average Bonchev–Trinajstić information content (AvgIpc) is 3.55. The van der Waals surface area contributed by atoms with Crippen LogP contribution in [0.5, 0.6) is 0 Å². The molecule has 5 heterocycles. The van der Waals surface area contributed by atoms with Crippen molar-refractivity contribution in [3.8, 4) is 0 Å². The highest BCUT2D eigenvalue weighted by Crippen LogP contribution is 2.40. The Bertz CT molecular complexity index is 1260. The van der Waals surface area contributed by atoms with E-state index in [1.807, 2.05) is 0 Å². The van der Waals surface area contributed by atoms with Crippen molar-refractivity contribution >= 4 is 35.6 Å². The van der Waals surface area contributed by atoms with Crippen LogP contribution in [-0.2, 0) is 25.7 Å². The molecule has 3 atom stereocenters. The third-order valence-corrected chi connectivity index (χ3v) is 8.10. The van der Waals surface area contributed by atoms with Crippen molar-refractivity contribution < 1.29 is 37.9 Å². The van der Waals surface area contributed by atoms with Crippen LogP contribution in [0.2, 0.25) is 0 Å². The summed E-state index contributed by atoms with van der Waals surface area (Å²) in [5, 5.41) is 9.31. The lowest BCUT2D eigenvalue weighted by atomic mass is 10.0. The molecule has 13 nitrogen and oxygen atoms in total. The number of likely N-dealkylation sites (tertiary alicyclic amines) is 2. The maximum absolute atomic E-state index is 13.1. The number of nitrogens with two attached hydrogens (primary N) is 1. The quantitative estimate of drug-likeness (QED) is 0.394. The molecule has 3 fully saturated rings. The highest BCUT2D eigenvalue weighted by Gasteiger charge is 2.51. The molecular formula is C22H24N4O9S. The summed E-state index contributed by atoms with van der Waals surface area (Å²) in [7, 11) is 0. The van der Waals surface area contributed by atoms with E-state index in [-0.39, 0.29) is 42.3 Å². The molecule has 1 aromatic rings. The van der Waals surface area contributed by atoms with Crippen molar-refractivity contribution in [3.63, 3.8) is 0 Å². The second-order valence-electron chi connectivity index (χ2n) is 8.91. The number of carboxylic acid groups (broad SMARTS) is 1. The summed E-state index contributed by atoms with van der Waals surface area (Å²) in [6, 6.07) is -0.932. The maximum Gasteiger partial charge on any atom is 0.519 e. The van der Waals surface area contributed by atoms with Crippen molar-refractivity contribution in [1.82, 2.24) is 14.7 Å². The molecule has 36 heavy (non-hydrogen) atoms. The number of thioether (sulfide) groups is 1. The summed E-state index contributed by atoms with van der Waals surface area (Å²) in [6.07, 6.45) is 1.98. The maximum atomic E-state index is 13.1. The summed E-state index contributed by atoms with van der Waals surface area (Å²) >= 11 is 1.37. The molecule has 0 aromatic carbocycles. The second kappa shape index (κ2) is 9.17. The molecule has 5 rings (SSSR count). The largest absolute Gasteiger partial charge is 0.519 e. The van der Waals surface area contributed by atoms with Gasteiger partial charge in [-0.3, -0.25) is 14.5 Å². The van der Waals surface area contributed by atoms with Crippen molar-refractivity contribution in [2.75, 3.05) is 25.4 Å². The van der Waals surface area contributed by atoms with Gasteiger partial charge in [0.1, 0.15) is 17.1 Å². The number of aliphatic carboxylic acids is 1. The predicted octanol–water partition coefficient (Wildman–Crippen LogP) is -0.00808. The number of hydrogen-bond acceptors (Lipinski definition) is 10. The Hall–Kier alpha value is -3.52. The Kier molecular flexibility index (Phi) is 6.16. The number of carbonyl (C=O) groups excluding carboxylic acids is 3. The summed E-state index contributed by atoms with van der Waals surface area (Å²) in [6.45, 7) is 2.41. The van der Waals surface area contributed by atoms with Crippen LogP contribution in [0, 0.1) is 6.92 Å². The minimum atomic E-state index is -1.23. The summed E-state index contributed by atoms with van der Waals surface area (Å²) in [4.78, 5) is 65.1. The van der Waals surface area contributed by atoms with Gasteiger partial charge >= 0.3 is 17.9 Å². The number of β-lactam (4-membered cyclic amide) rings is 1. The van der Waals surface area contributed by atoms with Gasteiger partial charge < -0.3 is 34.2 Å². The van der Waals surface area contributed by atoms with Gasteiger partial charge in [0.25, 0.3) is 0 Å². The molecule has 4 aliphatic rings. The summed E-state index contributed by atoms with van der Waals surface area (Å²) in [5.41, 5.74) is 6.54. The van der Waals surface area contributed by atoms with E-state index >= 15 is 0 Å². The molecule has 0 saturated carbocycles. The highest BCUT2D eigenvalue weighted by molar-refractivity contribution is 8.00. The number of aryl methyl sites for hydroxylation is 1. The zero-order valence-corrected chi connectivity index (χ0v) is 20.1. The minimum Gasteiger partial charge on any atom is -0.477 e. The fraction of sp³-hybridized carbons (Fsp3) is 0.500. The number of carboxylic acids is 1. The molecule has 3 N–H and O–H groups in total. The molecule has 4 aliphatic heterocycles. The molecule has 0 unspecified atom stereocenters. The number of fused-ring (bicyclic) bond motifs is 1. The molecule has 0 radical (unpaired) electrons. The number of nitrogens with zero attached hydrogens (tertiary/aromatic N) is 3. The number of allylic oxidation sites excluding steroid dienone is 1. The number of rotatable bonds is 5. The van der Waals surface area contributed by atoms with Crippen LogP contribution in [0.3, 0.4) is 0 Å². The standard InChI is InChI=1S/C22H24N4O9S/c1-10-14(35-22(32)34-10)8-33-21(31)24-4-3-13(7-24)25-5-2-11(17(25)27)6-12-9-36-19-15(23)18(28)26(19)16(12)20(29)30/h6,13,15,19H,2-5,7-9,23H2,1H3,(H,29,30)/t13-,15-,19-/m1/s1. The topological polar surface area (TPSA) is 177 Å². The number of ether oxygens (including phenoxy) is 1. The SMILES string of the molecule is Cc1oc(=O)oc1COC(=O)N1CC[C@@H](N2CCC(=CC3=C(C(=O)O)N4C(=O)[C@@H](N)[C@H]4SC3)C2=O)C1. The Morgan fingerprint density at radius 2 is 2.03 bits per heavy atom. The smallest absolute Gasteiger partial charge is 0.477 e. The molecule has 3 amide bonds. The fourth-order valence-electron chi connectivity index (χ4n) is 4.86. The van der Waals surface area contributed by atoms with Crippen molar-refractivity contribution in [2.24, 2.45) is 5.73 Å². The number of amides is 3. The average molecular weight is 521 g/mol. The predicted molar refractivity (Wildman–Crippen MR) is 122 cm³/mol. The third-order valence-electron chi connectivity index (χ3n) is 6.77. The van der Waals surface area contributed by atoms with Gasteiger partial charge in [0.2, 0.25) is 11.8 Å². The van der Waals surface area contributed by atoms with Gasteiger partial charge in [-0.2, -0.15) is 0 Å². The molecule has 192 valence electrons. The van der Waals surface area contributed by atoms with E-state index in [0.717, 1.165) is 0 Å². The van der Waals surface area contributed by atoms with Crippen molar-refractivity contribution in [1.29, 1.82) is 0 Å². The zero-order chi connectivity index (χ0) is 25.7. The van der Waals surface area contributed by atoms with Crippen molar-refractivity contribution in [2.45, 2.75) is 43.8 Å². The van der Waals surface area contributed by atoms with Crippen LogP contribution in [0.4, 0.5) is 4.79 Å². The Balaban J connectivity index is 1.23. The fourth-order valence-corrected chi connectivity index (χ4v) is 6.12. The van der Waals surface area contributed by atoms with Gasteiger partial charge in [-0.15, -0.1) is 11.8 Å². The second-order valence-corrected chi connectivity index (χ2v) is 10.0. The third kappa shape index (κ3) is 4.09. The van der Waals surface area contributed by atoms with E-state index < -0.39 is 35.2 Å². The van der Waals surface area contributed by atoms with Crippen LogP contribution in [-0.4, -0.2) is 86.5 Å². The first-order chi connectivity index (χ1) is 17.2. The van der Waals surface area contributed by atoms with E-state index in [4.69, 9.17) is 19.3 Å². The lowest BCUT2D eigenvalue weighted by Crippen LogP contribution is -2.68. The van der Waals surface area contributed by atoms with Gasteiger partial charge in [-0.25, -0.2) is 14.4 Å². The van der Waals surface area contributed by atoms with Crippen LogP contribution >= 0.6 is 11.8 Å². The lowest BCUT2D eigenvalue weighted by Gasteiger charge is -2.47. The van der Waals surface area contributed by atoms with Crippen LogP contribution in [0.25, 0.3) is 0 Å². The molecule has 14 heteroatoms. The van der Waals surface area contributed by atoms with Crippen molar-refractivity contribution in [3.05, 3.63) is 45.1 Å². The Morgan fingerprint density at radius 3 is 2.72 bits per heavy atom. The number of hydrogen-bond donors (Lipinski definition) is 2. The summed E-state index contributed by atoms with van der Waals surface area (Å²) < 4.78 is 14.8. The van der Waals surface area contributed by atoms with Gasteiger partial charge in [0.05, 0.1) is 6.04 Å². The van der Waals surface area contributed by atoms with Gasteiger partial charge in [-0.1, -0.05) is 0 Å². The Morgan fingerprint density at radius 1 is 1.25 bits per heavy atom. The van der Waals surface area contributed by atoms with E-state index in [0.29, 0.717) is 42.8 Å². The molecule has 0 aliphatic carbocycles. The molecule has 1 aromatic heterocycles. The monoisotopic (exact) mass is 520 g/mol. The zero-order valence-electron chi connectivity index (χ0n) is 19.3. The molecule has 0 spiro atoms. The van der Waals surface area contributed by atoms with Gasteiger partial charge in [0.15, 0.2) is 18.1 Å². The first-order valence-corrected chi connectivity index (χ1v) is 12.4. The molecule has 0 bridgehead atoms. The van der Waals surface area contributed by atoms with Crippen LogP contribution < -0.4 is 11.6 Å². The lowest BCUT2D eigenvalue weighted by molar-refractivity contribution is -0.147. The number of carbonyl (C=O) groups is 4.